The molecule has 33 heavy (non-hydrogen) atoms. The summed E-state index contributed by atoms with van der Waals surface area (Å²) < 4.78 is 28.1. The van der Waals surface area contributed by atoms with Gasteiger partial charge in [-0.15, -0.1) is 5.10 Å². The number of halogens is 2. The molecule has 0 amide bonds. The van der Waals surface area contributed by atoms with Crippen molar-refractivity contribution in [3.05, 3.63) is 58.3 Å². The number of nitrogens with zero attached hydrogens (tertiary/aromatic N) is 5. The maximum absolute atomic E-state index is 14.1. The summed E-state index contributed by atoms with van der Waals surface area (Å²) in [6.45, 7) is 8.73. The van der Waals surface area contributed by atoms with Gasteiger partial charge >= 0.3 is 0 Å². The first kappa shape index (κ1) is 22.9. The SMILES string of the molecule is Cc1c(C#N)cccc1[C@@H](C)Nc1nnc(C)c2cc(C(F)F)c(N3CCN(C)CC3)cc12. The van der Waals surface area contributed by atoms with E-state index in [-0.39, 0.29) is 11.6 Å². The number of hydrogen-bond acceptors (Lipinski definition) is 6. The van der Waals surface area contributed by atoms with Crippen molar-refractivity contribution < 1.29 is 8.78 Å². The van der Waals surface area contributed by atoms with Gasteiger partial charge in [0.2, 0.25) is 0 Å². The highest BCUT2D eigenvalue weighted by atomic mass is 19.3. The van der Waals surface area contributed by atoms with Crippen LogP contribution in [0.15, 0.2) is 30.3 Å². The first-order valence-corrected chi connectivity index (χ1v) is 11.1. The lowest BCUT2D eigenvalue weighted by atomic mass is 9.98. The van der Waals surface area contributed by atoms with E-state index in [1.807, 2.05) is 44.0 Å². The predicted octanol–water partition coefficient (Wildman–Crippen LogP) is 4.98. The van der Waals surface area contributed by atoms with E-state index >= 15 is 0 Å². The van der Waals surface area contributed by atoms with Crippen LogP contribution in [0.4, 0.5) is 20.3 Å². The number of alkyl halides is 2. The maximum Gasteiger partial charge on any atom is 0.265 e. The van der Waals surface area contributed by atoms with Gasteiger partial charge < -0.3 is 15.1 Å². The molecule has 4 rings (SSSR count). The fourth-order valence-electron chi connectivity index (χ4n) is 4.46. The Hall–Kier alpha value is -3.31. The van der Waals surface area contributed by atoms with Gasteiger partial charge in [0, 0.05) is 48.2 Å². The summed E-state index contributed by atoms with van der Waals surface area (Å²) in [6, 6.07) is 11.1. The van der Waals surface area contributed by atoms with E-state index < -0.39 is 6.43 Å². The monoisotopic (exact) mass is 450 g/mol. The normalized spacial score (nSPS) is 15.6. The molecular formula is C25H28F2N6. The van der Waals surface area contributed by atoms with Crippen molar-refractivity contribution in [1.29, 1.82) is 5.26 Å². The van der Waals surface area contributed by atoms with E-state index in [9.17, 15) is 14.0 Å². The number of likely N-dealkylation sites (N-methyl/N-ethyl adjacent to an activating group) is 1. The second-order valence-corrected chi connectivity index (χ2v) is 8.68. The van der Waals surface area contributed by atoms with Crippen molar-refractivity contribution in [2.45, 2.75) is 33.2 Å². The highest BCUT2D eigenvalue weighted by molar-refractivity contribution is 5.96. The maximum atomic E-state index is 14.1. The van der Waals surface area contributed by atoms with Gasteiger partial charge in [-0.3, -0.25) is 0 Å². The zero-order valence-electron chi connectivity index (χ0n) is 19.4. The lowest BCUT2D eigenvalue weighted by Gasteiger charge is -2.35. The molecule has 2 heterocycles. The Kier molecular flexibility index (Phi) is 6.43. The Bertz CT molecular complexity index is 1210. The lowest BCUT2D eigenvalue weighted by Crippen LogP contribution is -2.44. The summed E-state index contributed by atoms with van der Waals surface area (Å²) >= 11 is 0. The van der Waals surface area contributed by atoms with Crippen molar-refractivity contribution in [1.82, 2.24) is 15.1 Å². The highest BCUT2D eigenvalue weighted by Crippen LogP contribution is 2.37. The molecule has 0 saturated carbocycles. The molecule has 0 unspecified atom stereocenters. The number of nitrogens with one attached hydrogen (secondary N) is 1. The number of rotatable bonds is 5. The fraction of sp³-hybridized carbons (Fsp3) is 0.400. The summed E-state index contributed by atoms with van der Waals surface area (Å²) in [4.78, 5) is 4.23. The second-order valence-electron chi connectivity index (χ2n) is 8.68. The van der Waals surface area contributed by atoms with E-state index in [2.05, 4.69) is 26.5 Å². The number of anilines is 2. The number of fused-ring (bicyclic) bond motifs is 1. The molecule has 0 spiro atoms. The minimum absolute atomic E-state index is 0.0275. The van der Waals surface area contributed by atoms with Gasteiger partial charge in [-0.25, -0.2) is 8.78 Å². The lowest BCUT2D eigenvalue weighted by molar-refractivity contribution is 0.151. The van der Waals surface area contributed by atoms with E-state index in [0.717, 1.165) is 29.6 Å². The van der Waals surface area contributed by atoms with Gasteiger partial charge in [-0.1, -0.05) is 12.1 Å². The molecule has 1 aliphatic rings. The Morgan fingerprint density at radius 1 is 1.03 bits per heavy atom. The van der Waals surface area contributed by atoms with Crippen molar-refractivity contribution in [3.8, 4) is 6.07 Å². The third kappa shape index (κ3) is 4.46. The van der Waals surface area contributed by atoms with E-state index in [1.165, 1.54) is 0 Å². The average molecular weight is 451 g/mol. The van der Waals surface area contributed by atoms with Crippen LogP contribution in [0, 0.1) is 25.2 Å². The summed E-state index contributed by atoms with van der Waals surface area (Å²) in [5, 5.41) is 22.8. The molecule has 3 aromatic rings. The van der Waals surface area contributed by atoms with Crippen LogP contribution in [0.5, 0.6) is 0 Å². The third-order valence-corrected chi connectivity index (χ3v) is 6.51. The van der Waals surface area contributed by atoms with Gasteiger partial charge in [0.1, 0.15) is 0 Å². The Labute approximate surface area is 192 Å². The number of benzene rings is 2. The number of aryl methyl sites for hydroxylation is 1. The molecule has 6 nitrogen and oxygen atoms in total. The Morgan fingerprint density at radius 3 is 2.42 bits per heavy atom. The van der Waals surface area contributed by atoms with Crippen molar-refractivity contribution in [2.24, 2.45) is 0 Å². The quantitative estimate of drug-likeness (QED) is 0.591. The van der Waals surface area contributed by atoms with E-state index in [4.69, 9.17) is 0 Å². The summed E-state index contributed by atoms with van der Waals surface area (Å²) in [5.41, 5.74) is 3.70. The molecule has 1 fully saturated rings. The van der Waals surface area contributed by atoms with Crippen LogP contribution in [0.2, 0.25) is 0 Å². The molecule has 8 heteroatoms. The third-order valence-electron chi connectivity index (χ3n) is 6.51. The van der Waals surface area contributed by atoms with Gasteiger partial charge in [0.25, 0.3) is 6.43 Å². The van der Waals surface area contributed by atoms with E-state index in [1.54, 1.807) is 19.1 Å². The minimum atomic E-state index is -2.58. The molecule has 1 aliphatic heterocycles. The molecule has 0 radical (unpaired) electrons. The van der Waals surface area contributed by atoms with Crippen LogP contribution in [-0.4, -0.2) is 48.3 Å². The smallest absolute Gasteiger partial charge is 0.265 e. The van der Waals surface area contributed by atoms with Crippen molar-refractivity contribution in [2.75, 3.05) is 43.4 Å². The average Bonchev–Trinajstić information content (AvgIpc) is 2.80. The number of nitriles is 1. The van der Waals surface area contributed by atoms with Crippen LogP contribution >= 0.6 is 0 Å². The van der Waals surface area contributed by atoms with Crippen LogP contribution in [-0.2, 0) is 0 Å². The fourth-order valence-corrected chi connectivity index (χ4v) is 4.46. The summed E-state index contributed by atoms with van der Waals surface area (Å²) in [7, 11) is 2.04. The van der Waals surface area contributed by atoms with Crippen LogP contribution in [0.25, 0.3) is 10.8 Å². The molecule has 2 aromatic carbocycles. The zero-order chi connectivity index (χ0) is 23.7. The number of aromatic nitrogens is 2. The van der Waals surface area contributed by atoms with Gasteiger partial charge in [0.15, 0.2) is 5.82 Å². The highest BCUT2D eigenvalue weighted by Gasteiger charge is 2.24. The zero-order valence-corrected chi connectivity index (χ0v) is 19.4. The van der Waals surface area contributed by atoms with Gasteiger partial charge in [-0.2, -0.15) is 10.4 Å². The molecule has 1 atom stereocenters. The molecule has 1 saturated heterocycles. The second kappa shape index (κ2) is 9.28. The summed E-state index contributed by atoms with van der Waals surface area (Å²) in [5.74, 6) is 0.543. The van der Waals surface area contributed by atoms with Gasteiger partial charge in [-0.05, 0) is 57.1 Å². The molecule has 1 aromatic heterocycles. The predicted molar refractivity (Wildman–Crippen MR) is 127 cm³/mol. The molecule has 1 N–H and O–H groups in total. The van der Waals surface area contributed by atoms with Crippen molar-refractivity contribution >= 4 is 22.3 Å². The number of piperazine rings is 1. The van der Waals surface area contributed by atoms with Crippen molar-refractivity contribution in [3.63, 3.8) is 0 Å². The first-order chi connectivity index (χ1) is 15.8. The number of hydrogen-bond donors (Lipinski definition) is 1. The Morgan fingerprint density at radius 2 is 1.76 bits per heavy atom. The molecule has 0 aliphatic carbocycles. The minimum Gasteiger partial charge on any atom is -0.369 e. The largest absolute Gasteiger partial charge is 0.369 e. The van der Waals surface area contributed by atoms with Crippen LogP contribution < -0.4 is 10.2 Å². The van der Waals surface area contributed by atoms with Gasteiger partial charge in [0.05, 0.1) is 23.4 Å². The molecule has 0 bridgehead atoms. The standard InChI is InChI=1S/C25H28F2N6/c1-15-18(14-28)6-5-7-19(15)16(2)29-25-21-13-23(33-10-8-32(4)9-11-33)22(24(26)27)12-20(21)17(3)30-31-25/h5-7,12-13,16,24H,8-11H2,1-4H3,(H,29,31)/t16-/m1/s1. The van der Waals surface area contributed by atoms with E-state index in [0.29, 0.717) is 41.2 Å². The van der Waals surface area contributed by atoms with Crippen LogP contribution in [0.1, 0.15) is 47.3 Å². The first-order valence-electron chi connectivity index (χ1n) is 11.1. The topological polar surface area (TPSA) is 68.1 Å². The summed E-state index contributed by atoms with van der Waals surface area (Å²) in [6.07, 6.45) is -2.58. The Balaban J connectivity index is 1.79. The molecular weight excluding hydrogens is 422 g/mol. The molecule has 172 valence electrons. The van der Waals surface area contributed by atoms with Crippen LogP contribution in [0.3, 0.4) is 0 Å².